The van der Waals surface area contributed by atoms with Crippen LogP contribution in [0.1, 0.15) is 59.1 Å². The number of hydrogen-bond donors (Lipinski definition) is 2. The van der Waals surface area contributed by atoms with Crippen molar-refractivity contribution in [1.29, 1.82) is 5.41 Å². The standard InChI is InChI=1S/CH4N2.7CH4.K.2H2O.7H3P.U.4H2.H/c2-1-3;;;;;;;;;;;;;;;;;;;;;;;/h1H,(H3,2,3);7*1H4;;2*1H2;7*1H3;;4*1H;/q;;;;;;;;+1;;;;;;;;;;;;;;;-1. The van der Waals surface area contributed by atoms with Gasteiger partial charge in [0, 0.05) is 36.8 Å². The molecule has 0 saturated carbocycles. The molecular weight excluding hydrogens is 650 g/mol. The van der Waals surface area contributed by atoms with E-state index in [0.717, 1.165) is 6.34 Å². The van der Waals surface area contributed by atoms with E-state index in [1.165, 1.54) is 0 Å². The monoisotopic (exact) mass is 716 g/mol. The summed E-state index contributed by atoms with van der Waals surface area (Å²) in [7, 11) is 0. The second kappa shape index (κ2) is 393. The molecule has 0 aliphatic rings. The van der Waals surface area contributed by atoms with E-state index in [-0.39, 0.29) is 222 Å². The van der Waals surface area contributed by atoms with Crippen LogP contribution in [0.15, 0.2) is 0 Å². The smallest absolute Gasteiger partial charge is 1.00 e. The number of nitrogens with one attached hydrogen (secondary N) is 1. The molecule has 0 radical (unpaired) electrons. The first-order valence-electron chi connectivity index (χ1n) is 0.622. The van der Waals surface area contributed by atoms with Gasteiger partial charge in [0.05, 0.1) is 6.34 Å². The van der Waals surface area contributed by atoms with Gasteiger partial charge in [-0.25, -0.2) is 0 Å². The van der Waals surface area contributed by atoms with Crippen LogP contribution in [0.4, 0.5) is 0 Å². The molecule has 0 rings (SSSR count). The summed E-state index contributed by atoms with van der Waals surface area (Å²) >= 11 is 0. The van der Waals surface area contributed by atoms with E-state index >= 15 is 0 Å². The third kappa shape index (κ3) is 517. The fourth-order valence-corrected chi connectivity index (χ4v) is 0. The molecule has 0 fully saturated rings. The van der Waals surface area contributed by atoms with Crippen LogP contribution in [0.25, 0.3) is 0 Å². The predicted molar refractivity (Wildman–Crippen MR) is 155 cm³/mol. The summed E-state index contributed by atoms with van der Waals surface area (Å²) in [4.78, 5) is 0. The Bertz CT molecular complexity index is 70.5. The van der Waals surface area contributed by atoms with Crippen molar-refractivity contribution in [3.05, 3.63) is 0 Å². The van der Waals surface area contributed by atoms with Gasteiger partial charge in [-0.05, 0) is 0 Å². The average Bonchev–Trinajstić information content (AvgIpc) is 0.918. The molecule has 0 aromatic heterocycles. The van der Waals surface area contributed by atoms with E-state index in [4.69, 9.17) is 5.41 Å². The van der Waals surface area contributed by atoms with Gasteiger partial charge in [0.1, 0.15) is 0 Å². The maximum Gasteiger partial charge on any atom is 1.00 e. The molecule has 0 aromatic carbocycles. The minimum absolute atomic E-state index is 0. The Balaban J connectivity index is -0.0000000000791. The average molecular weight is 717 g/mol. The van der Waals surface area contributed by atoms with Crippen LogP contribution in [0.3, 0.4) is 0 Å². The van der Waals surface area contributed by atoms with E-state index in [9.17, 15) is 0 Å². The van der Waals surface area contributed by atoms with Crippen molar-refractivity contribution in [2.24, 2.45) is 5.73 Å². The summed E-state index contributed by atoms with van der Waals surface area (Å²) in [5.41, 5.74) is 4.39. The number of nitrogens with two attached hydrogens (primary N) is 1. The van der Waals surface area contributed by atoms with Crippen molar-refractivity contribution >= 4 is 75.6 Å². The molecule has 13 heteroatoms. The molecule has 0 saturated heterocycles. The zero-order valence-corrected chi connectivity index (χ0v) is 26.3. The molecular formula is C8H66KN2O2P7U. The second-order valence-corrected chi connectivity index (χ2v) is 0.167. The van der Waals surface area contributed by atoms with E-state index in [1.807, 2.05) is 0 Å². The summed E-state index contributed by atoms with van der Waals surface area (Å²) in [5.74, 6) is 0. The van der Waals surface area contributed by atoms with E-state index in [2.05, 4.69) is 5.73 Å². The first kappa shape index (κ1) is 327. The summed E-state index contributed by atoms with van der Waals surface area (Å²) in [6, 6.07) is 0. The molecule has 7 atom stereocenters. The number of hydrogen-bond acceptors (Lipinski definition) is 1. The van der Waals surface area contributed by atoms with Crippen molar-refractivity contribution in [1.82, 2.24) is 0 Å². The van der Waals surface area contributed by atoms with Gasteiger partial charge < -0.3 is 18.1 Å². The van der Waals surface area contributed by atoms with Gasteiger partial charge in [0.25, 0.3) is 0 Å². The molecule has 0 aliphatic carbocycles. The molecule has 7 unspecified atom stereocenters. The Kier molecular flexibility index (Phi) is 6110. The van der Waals surface area contributed by atoms with Crippen molar-refractivity contribution < 1.29 is 101 Å². The van der Waals surface area contributed by atoms with Gasteiger partial charge >= 0.3 is 51.4 Å². The normalized spacial score (nSPS) is 0.571. The van der Waals surface area contributed by atoms with E-state index in [0.29, 0.717) is 0 Å². The van der Waals surface area contributed by atoms with Gasteiger partial charge in [0.2, 0.25) is 0 Å². The molecule has 21 heavy (non-hydrogen) atoms. The number of rotatable bonds is 0. The Morgan fingerprint density at radius 2 is 0.619 bits per heavy atom. The summed E-state index contributed by atoms with van der Waals surface area (Å²) in [6.07, 6.45) is 0.750. The van der Waals surface area contributed by atoms with E-state index in [1.54, 1.807) is 0 Å². The van der Waals surface area contributed by atoms with Gasteiger partial charge in [-0.1, -0.05) is 52.0 Å². The SMILES string of the molecule is C.C.C.C.C.C.C.N=CN.O.O.P.P.P.P.P.P.P.[H-].[HH].[HH].[HH].[HH].[K+].[U]. The van der Waals surface area contributed by atoms with E-state index < -0.39 is 0 Å². The van der Waals surface area contributed by atoms with Crippen LogP contribution in [0.5, 0.6) is 0 Å². The van der Waals surface area contributed by atoms with Crippen LogP contribution in [-0.4, -0.2) is 17.3 Å². The third-order valence-corrected chi connectivity index (χ3v) is 0. The largest absolute Gasteiger partial charge is 1.00 e. The summed E-state index contributed by atoms with van der Waals surface area (Å²) < 4.78 is 0. The minimum Gasteiger partial charge on any atom is -1.00 e. The zero-order chi connectivity index (χ0) is 2.71. The van der Waals surface area contributed by atoms with Crippen molar-refractivity contribution in [2.75, 3.05) is 0 Å². The third-order valence-electron chi connectivity index (χ3n) is 0. The fraction of sp³-hybridized carbons (Fsp3) is 0.875. The predicted octanol–water partition coefficient (Wildman–Crippen LogP) is 0.863. The minimum atomic E-state index is 0. The van der Waals surface area contributed by atoms with Crippen LogP contribution in [-0.2, 0) is 0 Å². The molecule has 0 aromatic rings. The van der Waals surface area contributed by atoms with Crippen LogP contribution in [0.2, 0.25) is 0 Å². The molecule has 160 valence electrons. The fourth-order valence-electron chi connectivity index (χ4n) is 0. The van der Waals surface area contributed by atoms with Crippen molar-refractivity contribution in [2.45, 2.75) is 52.0 Å². The molecule has 7 N–H and O–H groups in total. The molecule has 0 heterocycles. The van der Waals surface area contributed by atoms with Gasteiger partial charge in [0.15, 0.2) is 0 Å². The van der Waals surface area contributed by atoms with Gasteiger partial charge in [-0.3, -0.25) is 5.41 Å². The second-order valence-electron chi connectivity index (χ2n) is 0.167. The van der Waals surface area contributed by atoms with Crippen molar-refractivity contribution in [3.8, 4) is 0 Å². The summed E-state index contributed by atoms with van der Waals surface area (Å²) in [5, 5.41) is 5.86. The Hall–Kier alpha value is 5.09. The molecule has 0 aliphatic heterocycles. The maximum atomic E-state index is 5.86. The topological polar surface area (TPSA) is 113 Å². The zero-order valence-electron chi connectivity index (χ0n) is 10.1. The molecule has 0 spiro atoms. The van der Waals surface area contributed by atoms with Crippen molar-refractivity contribution in [3.63, 3.8) is 0 Å². The van der Waals surface area contributed by atoms with Gasteiger partial charge in [-0.15, -0.1) is 0 Å². The quantitative estimate of drug-likeness (QED) is 0.165. The molecule has 0 amide bonds. The Labute approximate surface area is 236 Å². The molecule has 0 bridgehead atoms. The first-order valence-corrected chi connectivity index (χ1v) is 0.622. The van der Waals surface area contributed by atoms with Crippen LogP contribution >= 0.6 is 69.3 Å². The van der Waals surface area contributed by atoms with Crippen LogP contribution < -0.4 is 57.1 Å². The molecule has 4 nitrogen and oxygen atoms in total. The van der Waals surface area contributed by atoms with Crippen LogP contribution in [0, 0.1) is 36.5 Å². The maximum absolute atomic E-state index is 5.86. The Morgan fingerprint density at radius 3 is 0.619 bits per heavy atom. The first-order chi connectivity index (χ1) is 1.41. The summed E-state index contributed by atoms with van der Waals surface area (Å²) in [6.45, 7) is 0. The van der Waals surface area contributed by atoms with Gasteiger partial charge in [-0.2, -0.15) is 69.3 Å². The Morgan fingerprint density at radius 1 is 0.619 bits per heavy atom.